The number of nitrogens with one attached hydrogen (secondary N) is 1. The number of rotatable bonds is 6. The van der Waals surface area contributed by atoms with Gasteiger partial charge in [0.15, 0.2) is 5.13 Å². The summed E-state index contributed by atoms with van der Waals surface area (Å²) in [6, 6.07) is 0.394. The topological polar surface area (TPSA) is 46.6 Å². The fourth-order valence-electron chi connectivity index (χ4n) is 2.25. The van der Waals surface area contributed by atoms with Crippen LogP contribution in [0, 0.1) is 6.92 Å². The largest absolute Gasteiger partial charge is 0.383 e. The minimum absolute atomic E-state index is 0.277. The van der Waals surface area contributed by atoms with Gasteiger partial charge in [-0.1, -0.05) is 0 Å². The van der Waals surface area contributed by atoms with Crippen LogP contribution in [-0.2, 0) is 16.0 Å². The van der Waals surface area contributed by atoms with Gasteiger partial charge in [0.05, 0.1) is 31.1 Å². The zero-order valence-electron chi connectivity index (χ0n) is 12.8. The number of aryl methyl sites for hydroxylation is 1. The Morgan fingerprint density at radius 3 is 3.05 bits per heavy atom. The molecule has 0 spiro atoms. The van der Waals surface area contributed by atoms with Crippen molar-refractivity contribution in [3.8, 4) is 0 Å². The molecule has 0 bridgehead atoms. The van der Waals surface area contributed by atoms with E-state index in [1.807, 2.05) is 0 Å². The smallest absolute Gasteiger partial charge is 0.186 e. The molecule has 0 amide bonds. The zero-order chi connectivity index (χ0) is 14.5. The number of ether oxygens (including phenoxy) is 2. The summed E-state index contributed by atoms with van der Waals surface area (Å²) in [5.41, 5.74) is 1.13. The van der Waals surface area contributed by atoms with Crippen LogP contribution in [0.2, 0.25) is 0 Å². The van der Waals surface area contributed by atoms with Crippen molar-refractivity contribution in [2.75, 3.05) is 38.3 Å². The minimum atomic E-state index is 0.277. The second-order valence-electron chi connectivity index (χ2n) is 5.32. The van der Waals surface area contributed by atoms with Crippen LogP contribution in [0.5, 0.6) is 0 Å². The lowest BCUT2D eigenvalue weighted by molar-refractivity contribution is 0.0343. The number of thiazole rings is 1. The summed E-state index contributed by atoms with van der Waals surface area (Å²) in [5, 5.41) is 4.50. The maximum absolute atomic E-state index is 5.68. The van der Waals surface area contributed by atoms with Gasteiger partial charge in [0.1, 0.15) is 0 Å². The highest BCUT2D eigenvalue weighted by Crippen LogP contribution is 2.29. The Labute approximate surface area is 125 Å². The predicted molar refractivity (Wildman–Crippen MR) is 82.7 cm³/mol. The van der Waals surface area contributed by atoms with Crippen LogP contribution in [0.4, 0.5) is 5.13 Å². The molecule has 2 heterocycles. The number of hydrogen-bond acceptors (Lipinski definition) is 6. The Morgan fingerprint density at radius 1 is 1.50 bits per heavy atom. The third kappa shape index (κ3) is 3.91. The van der Waals surface area contributed by atoms with Crippen molar-refractivity contribution in [2.45, 2.75) is 39.5 Å². The molecule has 1 aromatic heterocycles. The molecule has 1 aliphatic heterocycles. The van der Waals surface area contributed by atoms with Crippen LogP contribution in [0.15, 0.2) is 0 Å². The molecular formula is C14H25N3O2S. The number of hydrogen-bond donors (Lipinski definition) is 1. The van der Waals surface area contributed by atoms with Crippen molar-refractivity contribution in [3.63, 3.8) is 0 Å². The maximum atomic E-state index is 5.68. The first-order chi connectivity index (χ1) is 9.61. The second-order valence-corrected chi connectivity index (χ2v) is 6.38. The van der Waals surface area contributed by atoms with Crippen LogP contribution in [0.1, 0.15) is 24.4 Å². The molecule has 2 rings (SSSR count). The van der Waals surface area contributed by atoms with Gasteiger partial charge in [0, 0.05) is 31.6 Å². The molecule has 114 valence electrons. The summed E-state index contributed by atoms with van der Waals surface area (Å²) >= 11 is 1.79. The summed E-state index contributed by atoms with van der Waals surface area (Å²) < 4.78 is 10.7. The van der Waals surface area contributed by atoms with Crippen molar-refractivity contribution < 1.29 is 9.47 Å². The van der Waals surface area contributed by atoms with Crippen LogP contribution in [-0.4, -0.2) is 50.5 Å². The van der Waals surface area contributed by atoms with Gasteiger partial charge in [0.25, 0.3) is 0 Å². The molecule has 0 saturated carbocycles. The van der Waals surface area contributed by atoms with Gasteiger partial charge in [-0.05, 0) is 20.8 Å². The van der Waals surface area contributed by atoms with E-state index >= 15 is 0 Å². The predicted octanol–water partition coefficient (Wildman–Crippen LogP) is 1.80. The Balaban J connectivity index is 1.98. The lowest BCUT2D eigenvalue weighted by Crippen LogP contribution is -2.47. The molecule has 1 aromatic rings. The normalized spacial score (nSPS) is 23.3. The Hall–Kier alpha value is -0.690. The highest BCUT2D eigenvalue weighted by molar-refractivity contribution is 7.15. The van der Waals surface area contributed by atoms with Crippen LogP contribution in [0.25, 0.3) is 0 Å². The number of nitrogens with zero attached hydrogens (tertiary/aromatic N) is 2. The Kier molecular flexibility index (Phi) is 5.77. The molecule has 1 saturated heterocycles. The van der Waals surface area contributed by atoms with E-state index in [0.29, 0.717) is 6.04 Å². The highest BCUT2D eigenvalue weighted by Gasteiger charge is 2.26. The van der Waals surface area contributed by atoms with Gasteiger partial charge < -0.3 is 19.7 Å². The first-order valence-electron chi connectivity index (χ1n) is 7.16. The van der Waals surface area contributed by atoms with Gasteiger partial charge in [0.2, 0.25) is 0 Å². The highest BCUT2D eigenvalue weighted by atomic mass is 32.1. The van der Waals surface area contributed by atoms with E-state index in [1.165, 1.54) is 4.88 Å². The average Bonchev–Trinajstić information content (AvgIpc) is 2.79. The molecular weight excluding hydrogens is 274 g/mol. The minimum Gasteiger partial charge on any atom is -0.383 e. The van der Waals surface area contributed by atoms with E-state index in [0.717, 1.165) is 43.7 Å². The zero-order valence-corrected chi connectivity index (χ0v) is 13.6. The summed E-state index contributed by atoms with van der Waals surface area (Å²) in [7, 11) is 1.72. The summed E-state index contributed by atoms with van der Waals surface area (Å²) in [6.45, 7) is 10.6. The first kappa shape index (κ1) is 15.7. The SMILES string of the molecule is COCCNCc1sc(N2CC(C)OCC2C)nc1C. The lowest BCUT2D eigenvalue weighted by atomic mass is 10.2. The number of anilines is 1. The standard InChI is InChI=1S/C14H25N3O2S/c1-10-9-19-11(2)8-17(10)14-16-12(3)13(20-14)7-15-5-6-18-4/h10-11,15H,5-9H2,1-4H3. The molecule has 2 unspecified atom stereocenters. The van der Waals surface area contributed by atoms with Crippen molar-refractivity contribution >= 4 is 16.5 Å². The summed E-state index contributed by atoms with van der Waals surface area (Å²) in [5.74, 6) is 0. The fraction of sp³-hybridized carbons (Fsp3) is 0.786. The number of morpholine rings is 1. The fourth-order valence-corrected chi connectivity index (χ4v) is 3.39. The molecule has 1 aliphatic rings. The van der Waals surface area contributed by atoms with Crippen molar-refractivity contribution in [3.05, 3.63) is 10.6 Å². The molecule has 1 N–H and O–H groups in total. The van der Waals surface area contributed by atoms with E-state index in [-0.39, 0.29) is 6.10 Å². The van der Waals surface area contributed by atoms with Crippen LogP contribution in [0.3, 0.4) is 0 Å². The monoisotopic (exact) mass is 299 g/mol. The van der Waals surface area contributed by atoms with Crippen LogP contribution >= 0.6 is 11.3 Å². The van der Waals surface area contributed by atoms with Crippen molar-refractivity contribution in [2.24, 2.45) is 0 Å². The third-order valence-electron chi connectivity index (χ3n) is 3.50. The van der Waals surface area contributed by atoms with E-state index in [2.05, 4.69) is 31.0 Å². The second kappa shape index (κ2) is 7.36. The molecule has 1 fully saturated rings. The molecule has 5 nitrogen and oxygen atoms in total. The van der Waals surface area contributed by atoms with E-state index in [9.17, 15) is 0 Å². The van der Waals surface area contributed by atoms with Gasteiger partial charge in [-0.3, -0.25) is 0 Å². The third-order valence-corrected chi connectivity index (χ3v) is 4.70. The first-order valence-corrected chi connectivity index (χ1v) is 7.97. The molecule has 2 atom stereocenters. The molecule has 0 aliphatic carbocycles. The molecule has 6 heteroatoms. The van der Waals surface area contributed by atoms with Crippen LogP contribution < -0.4 is 10.2 Å². The van der Waals surface area contributed by atoms with Gasteiger partial charge >= 0.3 is 0 Å². The van der Waals surface area contributed by atoms with Crippen molar-refractivity contribution in [1.82, 2.24) is 10.3 Å². The van der Waals surface area contributed by atoms with E-state index < -0.39 is 0 Å². The van der Waals surface area contributed by atoms with Gasteiger partial charge in [-0.2, -0.15) is 0 Å². The summed E-state index contributed by atoms with van der Waals surface area (Å²) in [6.07, 6.45) is 0.277. The summed E-state index contributed by atoms with van der Waals surface area (Å²) in [4.78, 5) is 8.41. The van der Waals surface area contributed by atoms with Gasteiger partial charge in [-0.25, -0.2) is 4.98 Å². The van der Waals surface area contributed by atoms with E-state index in [1.54, 1.807) is 18.4 Å². The maximum Gasteiger partial charge on any atom is 0.186 e. The van der Waals surface area contributed by atoms with E-state index in [4.69, 9.17) is 14.5 Å². The Bertz CT molecular complexity index is 425. The lowest BCUT2D eigenvalue weighted by Gasteiger charge is -2.36. The Morgan fingerprint density at radius 2 is 2.30 bits per heavy atom. The molecule has 20 heavy (non-hydrogen) atoms. The number of methoxy groups -OCH3 is 1. The van der Waals surface area contributed by atoms with Gasteiger partial charge in [-0.15, -0.1) is 11.3 Å². The average molecular weight is 299 g/mol. The quantitative estimate of drug-likeness (QED) is 0.812. The number of aromatic nitrogens is 1. The van der Waals surface area contributed by atoms with Crippen molar-refractivity contribution in [1.29, 1.82) is 0 Å². The molecule has 0 radical (unpaired) electrons. The molecule has 0 aromatic carbocycles.